The Morgan fingerprint density at radius 2 is 1.71 bits per heavy atom. The first-order valence-electron chi connectivity index (χ1n) is 8.48. The average Bonchev–Trinajstić information content (AvgIpc) is 2.60. The molecule has 0 saturated heterocycles. The number of hydrogen-bond acceptors (Lipinski definition) is 5. The van der Waals surface area contributed by atoms with E-state index in [2.05, 4.69) is 5.32 Å². The van der Waals surface area contributed by atoms with Crippen LogP contribution in [0.15, 0.2) is 24.3 Å². The number of rotatable bonds is 8. The van der Waals surface area contributed by atoms with E-state index in [-0.39, 0.29) is 25.2 Å². The SMILES string of the molecule is CCOc1ccccc1OCC(=O)OCC(=O)NC1CCCCC1. The number of esters is 1. The zero-order chi connectivity index (χ0) is 17.2. The zero-order valence-electron chi connectivity index (χ0n) is 14.1. The van der Waals surface area contributed by atoms with E-state index in [1.165, 1.54) is 6.42 Å². The second-order valence-electron chi connectivity index (χ2n) is 5.73. The number of para-hydroxylation sites is 2. The molecule has 1 N–H and O–H groups in total. The van der Waals surface area contributed by atoms with Gasteiger partial charge in [-0.3, -0.25) is 4.79 Å². The number of hydrogen-bond donors (Lipinski definition) is 1. The molecule has 1 aliphatic rings. The van der Waals surface area contributed by atoms with Crippen LogP contribution in [0.4, 0.5) is 0 Å². The Kier molecular flexibility index (Phi) is 7.39. The lowest BCUT2D eigenvalue weighted by molar-refractivity contribution is -0.150. The molecule has 0 bridgehead atoms. The van der Waals surface area contributed by atoms with Crippen LogP contribution < -0.4 is 14.8 Å². The average molecular weight is 335 g/mol. The van der Waals surface area contributed by atoms with Gasteiger partial charge in [0.15, 0.2) is 24.7 Å². The Bertz CT molecular complexity index is 540. The Balaban J connectivity index is 1.68. The van der Waals surface area contributed by atoms with Crippen LogP contribution in [0.2, 0.25) is 0 Å². The Labute approximate surface area is 142 Å². The second-order valence-corrected chi connectivity index (χ2v) is 5.73. The van der Waals surface area contributed by atoms with Gasteiger partial charge in [-0.15, -0.1) is 0 Å². The lowest BCUT2D eigenvalue weighted by Crippen LogP contribution is -2.39. The van der Waals surface area contributed by atoms with Crippen molar-refractivity contribution in [3.05, 3.63) is 24.3 Å². The van der Waals surface area contributed by atoms with Gasteiger partial charge in [-0.1, -0.05) is 31.4 Å². The van der Waals surface area contributed by atoms with Gasteiger partial charge >= 0.3 is 5.97 Å². The minimum atomic E-state index is -0.583. The molecule has 1 fully saturated rings. The lowest BCUT2D eigenvalue weighted by Gasteiger charge is -2.22. The van der Waals surface area contributed by atoms with Crippen LogP contribution in [0.5, 0.6) is 11.5 Å². The van der Waals surface area contributed by atoms with Gasteiger partial charge in [-0.05, 0) is 31.9 Å². The summed E-state index contributed by atoms with van der Waals surface area (Å²) in [4.78, 5) is 23.5. The first kappa shape index (κ1) is 18.1. The number of benzene rings is 1. The van der Waals surface area contributed by atoms with Crippen molar-refractivity contribution in [1.29, 1.82) is 0 Å². The fourth-order valence-corrected chi connectivity index (χ4v) is 2.68. The van der Waals surface area contributed by atoms with E-state index >= 15 is 0 Å². The van der Waals surface area contributed by atoms with Crippen molar-refractivity contribution < 1.29 is 23.8 Å². The normalized spacial score (nSPS) is 14.7. The van der Waals surface area contributed by atoms with E-state index in [4.69, 9.17) is 14.2 Å². The molecule has 1 aliphatic carbocycles. The fraction of sp³-hybridized carbons (Fsp3) is 0.556. The van der Waals surface area contributed by atoms with Crippen molar-refractivity contribution in [1.82, 2.24) is 5.32 Å². The van der Waals surface area contributed by atoms with Crippen LogP contribution >= 0.6 is 0 Å². The molecular formula is C18H25NO5. The van der Waals surface area contributed by atoms with Gasteiger partial charge in [0.1, 0.15) is 0 Å². The molecule has 24 heavy (non-hydrogen) atoms. The number of amides is 1. The smallest absolute Gasteiger partial charge is 0.344 e. The minimum absolute atomic E-state index is 0.208. The van der Waals surface area contributed by atoms with Crippen LogP contribution in [0.25, 0.3) is 0 Å². The monoisotopic (exact) mass is 335 g/mol. The maximum Gasteiger partial charge on any atom is 0.344 e. The third kappa shape index (κ3) is 6.10. The highest BCUT2D eigenvalue weighted by Crippen LogP contribution is 2.26. The summed E-state index contributed by atoms with van der Waals surface area (Å²) in [6, 6.07) is 7.31. The van der Waals surface area contributed by atoms with E-state index in [0.717, 1.165) is 25.7 Å². The topological polar surface area (TPSA) is 73.9 Å². The molecule has 0 heterocycles. The molecule has 1 aromatic rings. The highest BCUT2D eigenvalue weighted by Gasteiger charge is 2.17. The van der Waals surface area contributed by atoms with Crippen LogP contribution in [-0.2, 0) is 14.3 Å². The molecule has 0 radical (unpaired) electrons. The van der Waals surface area contributed by atoms with Crippen LogP contribution in [0, 0.1) is 0 Å². The predicted octanol–water partition coefficient (Wildman–Crippen LogP) is 2.46. The Morgan fingerprint density at radius 3 is 2.38 bits per heavy atom. The molecule has 0 atom stereocenters. The largest absolute Gasteiger partial charge is 0.490 e. The van der Waals surface area contributed by atoms with Crippen LogP contribution in [0.1, 0.15) is 39.0 Å². The third-order valence-corrected chi connectivity index (χ3v) is 3.83. The molecule has 0 aromatic heterocycles. The van der Waals surface area contributed by atoms with Crippen molar-refractivity contribution in [3.63, 3.8) is 0 Å². The van der Waals surface area contributed by atoms with Crippen molar-refractivity contribution in [2.45, 2.75) is 45.1 Å². The van der Waals surface area contributed by atoms with Gasteiger partial charge < -0.3 is 19.5 Å². The highest BCUT2D eigenvalue weighted by atomic mass is 16.6. The van der Waals surface area contributed by atoms with Crippen LogP contribution in [-0.4, -0.2) is 37.7 Å². The van der Waals surface area contributed by atoms with Gasteiger partial charge in [0.2, 0.25) is 0 Å². The number of nitrogens with one attached hydrogen (secondary N) is 1. The molecule has 1 saturated carbocycles. The molecule has 2 rings (SSSR count). The molecule has 0 spiro atoms. The van der Waals surface area contributed by atoms with Gasteiger partial charge in [0.25, 0.3) is 5.91 Å². The Hall–Kier alpha value is -2.24. The highest BCUT2D eigenvalue weighted by molar-refractivity contribution is 5.81. The van der Waals surface area contributed by atoms with Crippen molar-refractivity contribution in [2.24, 2.45) is 0 Å². The number of ether oxygens (including phenoxy) is 3. The summed E-state index contributed by atoms with van der Waals surface area (Å²) in [6.45, 7) is 1.84. The quantitative estimate of drug-likeness (QED) is 0.739. The first-order chi connectivity index (χ1) is 11.7. The van der Waals surface area contributed by atoms with Crippen molar-refractivity contribution >= 4 is 11.9 Å². The van der Waals surface area contributed by atoms with E-state index in [9.17, 15) is 9.59 Å². The van der Waals surface area contributed by atoms with Gasteiger partial charge in [0.05, 0.1) is 6.61 Å². The summed E-state index contributed by atoms with van der Waals surface area (Å²) in [6.07, 6.45) is 5.49. The summed E-state index contributed by atoms with van der Waals surface area (Å²) < 4.78 is 15.8. The molecule has 6 nitrogen and oxygen atoms in total. The predicted molar refractivity (Wildman–Crippen MR) is 89.1 cm³/mol. The third-order valence-electron chi connectivity index (χ3n) is 3.83. The van der Waals surface area contributed by atoms with Crippen molar-refractivity contribution in [3.8, 4) is 11.5 Å². The summed E-state index contributed by atoms with van der Waals surface area (Å²) in [5.41, 5.74) is 0. The molecule has 0 aliphatic heterocycles. The lowest BCUT2D eigenvalue weighted by atomic mass is 9.95. The maximum absolute atomic E-state index is 11.8. The van der Waals surface area contributed by atoms with Gasteiger partial charge in [0, 0.05) is 6.04 Å². The molecule has 1 aromatic carbocycles. The summed E-state index contributed by atoms with van der Waals surface area (Å²) in [7, 11) is 0. The Morgan fingerprint density at radius 1 is 1.04 bits per heavy atom. The van der Waals surface area contributed by atoms with E-state index < -0.39 is 5.97 Å². The van der Waals surface area contributed by atoms with Gasteiger partial charge in [-0.25, -0.2) is 4.79 Å². The maximum atomic E-state index is 11.8. The fourth-order valence-electron chi connectivity index (χ4n) is 2.68. The number of carbonyl (C=O) groups is 2. The zero-order valence-corrected chi connectivity index (χ0v) is 14.1. The van der Waals surface area contributed by atoms with Gasteiger partial charge in [-0.2, -0.15) is 0 Å². The summed E-state index contributed by atoms with van der Waals surface area (Å²) in [5.74, 6) is 0.205. The standard InChI is InChI=1S/C18H25NO5/c1-2-22-15-10-6-7-11-16(15)23-13-18(21)24-12-17(20)19-14-8-4-3-5-9-14/h6-7,10-11,14H,2-5,8-9,12-13H2,1H3,(H,19,20). The molecule has 6 heteroatoms. The molecular weight excluding hydrogens is 310 g/mol. The molecule has 0 unspecified atom stereocenters. The van der Waals surface area contributed by atoms with E-state index in [1.807, 2.05) is 13.0 Å². The first-order valence-corrected chi connectivity index (χ1v) is 8.48. The van der Waals surface area contributed by atoms with E-state index in [1.54, 1.807) is 18.2 Å². The minimum Gasteiger partial charge on any atom is -0.490 e. The van der Waals surface area contributed by atoms with E-state index in [0.29, 0.717) is 18.1 Å². The number of carbonyl (C=O) groups excluding carboxylic acids is 2. The second kappa shape index (κ2) is 9.80. The van der Waals surface area contributed by atoms with Crippen molar-refractivity contribution in [2.75, 3.05) is 19.8 Å². The van der Waals surface area contributed by atoms with Crippen LogP contribution in [0.3, 0.4) is 0 Å². The molecule has 1 amide bonds. The summed E-state index contributed by atoms with van der Waals surface area (Å²) >= 11 is 0. The molecule has 132 valence electrons. The summed E-state index contributed by atoms with van der Waals surface area (Å²) in [5, 5.41) is 2.90.